The Kier molecular flexibility index (Phi) is 4.35. The zero-order valence-electron chi connectivity index (χ0n) is 11.3. The van der Waals surface area contributed by atoms with Crippen LogP contribution in [-0.4, -0.2) is 6.10 Å². The minimum absolute atomic E-state index is 0.0283. The minimum Gasteiger partial charge on any atom is -0.489 e. The maximum Gasteiger partial charge on any atom is 0.144 e. The molecule has 106 valence electrons. The average molecular weight is 295 g/mol. The maximum absolute atomic E-state index is 13.4. The van der Waals surface area contributed by atoms with Crippen LogP contribution in [0.4, 0.5) is 21.5 Å². The fourth-order valence-corrected chi connectivity index (χ4v) is 1.86. The highest BCUT2D eigenvalue weighted by Gasteiger charge is 2.08. The van der Waals surface area contributed by atoms with Gasteiger partial charge in [0, 0.05) is 5.69 Å². The molecule has 0 aromatic heterocycles. The lowest BCUT2D eigenvalue weighted by Gasteiger charge is -2.16. The van der Waals surface area contributed by atoms with Gasteiger partial charge in [-0.15, -0.1) is 0 Å². The highest BCUT2D eigenvalue weighted by atomic mass is 35.5. The van der Waals surface area contributed by atoms with Gasteiger partial charge in [-0.3, -0.25) is 0 Å². The smallest absolute Gasteiger partial charge is 0.144 e. The molecule has 0 amide bonds. The number of ether oxygens (including phenoxy) is 1. The van der Waals surface area contributed by atoms with Crippen molar-refractivity contribution in [3.05, 3.63) is 47.2 Å². The Hall–Kier alpha value is -1.94. The highest BCUT2D eigenvalue weighted by Crippen LogP contribution is 2.32. The van der Waals surface area contributed by atoms with E-state index in [-0.39, 0.29) is 11.1 Å². The summed E-state index contributed by atoms with van der Waals surface area (Å²) in [6, 6.07) is 9.91. The maximum atomic E-state index is 13.4. The van der Waals surface area contributed by atoms with Crippen LogP contribution in [0.5, 0.6) is 5.75 Å². The molecule has 0 aliphatic heterocycles. The molecule has 2 aromatic rings. The molecule has 0 saturated heterocycles. The van der Waals surface area contributed by atoms with Crippen molar-refractivity contribution in [3.63, 3.8) is 0 Å². The molecule has 0 bridgehead atoms. The molecule has 2 aromatic carbocycles. The summed E-state index contributed by atoms with van der Waals surface area (Å²) in [5.41, 5.74) is 7.75. The topological polar surface area (TPSA) is 47.3 Å². The minimum atomic E-state index is -0.482. The highest BCUT2D eigenvalue weighted by molar-refractivity contribution is 6.30. The summed E-state index contributed by atoms with van der Waals surface area (Å²) in [6.45, 7) is 3.85. The fourth-order valence-electron chi connectivity index (χ4n) is 1.74. The van der Waals surface area contributed by atoms with Crippen LogP contribution in [0, 0.1) is 5.82 Å². The molecule has 0 aliphatic carbocycles. The Morgan fingerprint density at radius 3 is 2.65 bits per heavy atom. The summed E-state index contributed by atoms with van der Waals surface area (Å²) >= 11 is 5.65. The zero-order chi connectivity index (χ0) is 14.7. The number of nitrogen functional groups attached to an aromatic ring is 1. The van der Waals surface area contributed by atoms with E-state index in [1.54, 1.807) is 18.2 Å². The second-order valence-electron chi connectivity index (χ2n) is 4.64. The van der Waals surface area contributed by atoms with E-state index in [0.717, 1.165) is 0 Å². The molecule has 20 heavy (non-hydrogen) atoms. The van der Waals surface area contributed by atoms with Crippen molar-refractivity contribution in [2.75, 3.05) is 11.1 Å². The van der Waals surface area contributed by atoms with Crippen LogP contribution < -0.4 is 15.8 Å². The Morgan fingerprint density at radius 1 is 1.25 bits per heavy atom. The number of hydrogen-bond acceptors (Lipinski definition) is 3. The van der Waals surface area contributed by atoms with Gasteiger partial charge in [-0.25, -0.2) is 4.39 Å². The molecule has 3 N–H and O–H groups in total. The van der Waals surface area contributed by atoms with Crippen LogP contribution >= 0.6 is 11.6 Å². The third kappa shape index (κ3) is 3.33. The first-order valence-electron chi connectivity index (χ1n) is 6.24. The van der Waals surface area contributed by atoms with Gasteiger partial charge < -0.3 is 15.8 Å². The van der Waals surface area contributed by atoms with Crippen molar-refractivity contribution in [2.24, 2.45) is 0 Å². The molecule has 0 aliphatic rings. The summed E-state index contributed by atoms with van der Waals surface area (Å²) < 4.78 is 19.0. The molecule has 0 spiro atoms. The van der Waals surface area contributed by atoms with Gasteiger partial charge in [-0.05, 0) is 44.2 Å². The number of nitrogens with two attached hydrogens (primary N) is 1. The summed E-state index contributed by atoms with van der Waals surface area (Å²) in [6.07, 6.45) is 0.0283. The molecule has 0 saturated carbocycles. The average Bonchev–Trinajstić information content (AvgIpc) is 2.38. The normalized spacial score (nSPS) is 10.7. The molecule has 0 atom stereocenters. The molecule has 0 fully saturated rings. The lowest BCUT2D eigenvalue weighted by molar-refractivity contribution is 0.244. The van der Waals surface area contributed by atoms with E-state index in [1.807, 2.05) is 19.9 Å². The fraction of sp³-hybridized carbons (Fsp3) is 0.200. The van der Waals surface area contributed by atoms with Crippen molar-refractivity contribution >= 4 is 28.7 Å². The first-order chi connectivity index (χ1) is 9.47. The van der Waals surface area contributed by atoms with Gasteiger partial charge in [-0.1, -0.05) is 17.7 Å². The summed E-state index contributed by atoms with van der Waals surface area (Å²) in [5, 5.41) is 3.13. The number of hydrogen-bond donors (Lipinski definition) is 2. The largest absolute Gasteiger partial charge is 0.489 e. The van der Waals surface area contributed by atoms with Crippen LogP contribution in [0.15, 0.2) is 36.4 Å². The van der Waals surface area contributed by atoms with Gasteiger partial charge in [-0.2, -0.15) is 0 Å². The van der Waals surface area contributed by atoms with Crippen molar-refractivity contribution in [3.8, 4) is 5.75 Å². The van der Waals surface area contributed by atoms with E-state index in [4.69, 9.17) is 22.1 Å². The first kappa shape index (κ1) is 14.5. The number of para-hydroxylation sites is 1. The summed E-state index contributed by atoms with van der Waals surface area (Å²) in [7, 11) is 0. The standard InChI is InChI=1S/C15H16ClFN2O/c1-9(2)20-14-5-3-4-13(15(14)18)19-10-6-7-11(16)12(17)8-10/h3-9,19H,18H2,1-2H3. The van der Waals surface area contributed by atoms with E-state index in [1.165, 1.54) is 12.1 Å². The van der Waals surface area contributed by atoms with Crippen molar-refractivity contribution in [1.29, 1.82) is 0 Å². The van der Waals surface area contributed by atoms with E-state index < -0.39 is 5.82 Å². The number of nitrogens with one attached hydrogen (secondary N) is 1. The number of anilines is 3. The van der Waals surface area contributed by atoms with Crippen LogP contribution in [-0.2, 0) is 0 Å². The number of benzene rings is 2. The second-order valence-corrected chi connectivity index (χ2v) is 5.05. The lowest BCUT2D eigenvalue weighted by atomic mass is 10.2. The monoisotopic (exact) mass is 294 g/mol. The van der Waals surface area contributed by atoms with Crippen LogP contribution in [0.3, 0.4) is 0 Å². The van der Waals surface area contributed by atoms with Crippen molar-refractivity contribution in [2.45, 2.75) is 20.0 Å². The number of rotatable bonds is 4. The van der Waals surface area contributed by atoms with Gasteiger partial charge in [0.25, 0.3) is 0 Å². The van der Waals surface area contributed by atoms with E-state index in [0.29, 0.717) is 22.8 Å². The predicted molar refractivity (Wildman–Crippen MR) is 81.3 cm³/mol. The SMILES string of the molecule is CC(C)Oc1cccc(Nc2ccc(Cl)c(F)c2)c1N. The Balaban J connectivity index is 2.27. The third-order valence-corrected chi connectivity index (χ3v) is 2.93. The van der Waals surface area contributed by atoms with Crippen molar-refractivity contribution in [1.82, 2.24) is 0 Å². The Bertz CT molecular complexity index is 617. The molecular weight excluding hydrogens is 279 g/mol. The van der Waals surface area contributed by atoms with Gasteiger partial charge in [0.2, 0.25) is 0 Å². The molecular formula is C15H16ClFN2O. The number of halogens is 2. The molecule has 0 unspecified atom stereocenters. The molecule has 3 nitrogen and oxygen atoms in total. The van der Waals surface area contributed by atoms with Crippen molar-refractivity contribution < 1.29 is 9.13 Å². The van der Waals surface area contributed by atoms with Crippen LogP contribution in [0.2, 0.25) is 5.02 Å². The second kappa shape index (κ2) is 6.01. The molecule has 0 radical (unpaired) electrons. The summed E-state index contributed by atoms with van der Waals surface area (Å²) in [5.74, 6) is 0.115. The Labute approximate surface area is 122 Å². The molecule has 0 heterocycles. The van der Waals surface area contributed by atoms with Gasteiger partial charge in [0.15, 0.2) is 0 Å². The van der Waals surface area contributed by atoms with Gasteiger partial charge >= 0.3 is 0 Å². The van der Waals surface area contributed by atoms with E-state index in [9.17, 15) is 4.39 Å². The van der Waals surface area contributed by atoms with Gasteiger partial charge in [0.05, 0.1) is 22.5 Å². The molecule has 2 rings (SSSR count). The third-order valence-electron chi connectivity index (χ3n) is 2.63. The predicted octanol–water partition coefficient (Wildman–Crippen LogP) is 4.59. The first-order valence-corrected chi connectivity index (χ1v) is 6.62. The van der Waals surface area contributed by atoms with Crippen LogP contribution in [0.25, 0.3) is 0 Å². The summed E-state index contributed by atoms with van der Waals surface area (Å²) in [4.78, 5) is 0. The van der Waals surface area contributed by atoms with Crippen LogP contribution in [0.1, 0.15) is 13.8 Å². The van der Waals surface area contributed by atoms with Gasteiger partial charge in [0.1, 0.15) is 11.6 Å². The van der Waals surface area contributed by atoms with E-state index >= 15 is 0 Å². The van der Waals surface area contributed by atoms with E-state index in [2.05, 4.69) is 5.32 Å². The Morgan fingerprint density at radius 2 is 2.00 bits per heavy atom. The lowest BCUT2D eigenvalue weighted by Crippen LogP contribution is -2.08. The quantitative estimate of drug-likeness (QED) is 0.811. The zero-order valence-corrected chi connectivity index (χ0v) is 12.0. The molecule has 5 heteroatoms.